The number of nitrogens with one attached hydrogen (secondary N) is 2. The fourth-order valence-electron chi connectivity index (χ4n) is 4.05. The highest BCUT2D eigenvalue weighted by molar-refractivity contribution is 7.10. The highest BCUT2D eigenvalue weighted by Gasteiger charge is 2.24. The van der Waals surface area contributed by atoms with Crippen LogP contribution in [0.3, 0.4) is 0 Å². The zero-order chi connectivity index (χ0) is 18.9. The molecule has 3 rings (SSSR count). The Bertz CT molecular complexity index is 553. The van der Waals surface area contributed by atoms with Crippen LogP contribution in [0.2, 0.25) is 0 Å². The maximum Gasteiger partial charge on any atom is 0.191 e. The molecule has 0 amide bonds. The van der Waals surface area contributed by atoms with E-state index in [4.69, 9.17) is 4.74 Å². The Morgan fingerprint density at radius 2 is 1.89 bits per heavy atom. The van der Waals surface area contributed by atoms with Gasteiger partial charge in [0.05, 0.1) is 19.3 Å². The van der Waals surface area contributed by atoms with Gasteiger partial charge in [-0.1, -0.05) is 13.0 Å². The fraction of sp³-hybridized carbons (Fsp3) is 0.750. The van der Waals surface area contributed by atoms with Crippen molar-refractivity contribution < 1.29 is 4.74 Å². The number of hydrogen-bond acceptors (Lipinski definition) is 5. The van der Waals surface area contributed by atoms with Crippen LogP contribution < -0.4 is 10.6 Å². The molecule has 27 heavy (non-hydrogen) atoms. The quantitative estimate of drug-likeness (QED) is 0.524. The summed E-state index contributed by atoms with van der Waals surface area (Å²) in [4.78, 5) is 11.0. The smallest absolute Gasteiger partial charge is 0.191 e. The van der Waals surface area contributed by atoms with E-state index in [1.165, 1.54) is 37.2 Å². The van der Waals surface area contributed by atoms with Gasteiger partial charge in [-0.05, 0) is 43.8 Å². The van der Waals surface area contributed by atoms with Gasteiger partial charge >= 0.3 is 0 Å². The van der Waals surface area contributed by atoms with Crippen molar-refractivity contribution in [2.24, 2.45) is 4.99 Å². The fourth-order valence-corrected chi connectivity index (χ4v) is 4.91. The molecule has 2 unspecified atom stereocenters. The lowest BCUT2D eigenvalue weighted by molar-refractivity contribution is 0.0177. The largest absolute Gasteiger partial charge is 0.379 e. The van der Waals surface area contributed by atoms with Gasteiger partial charge in [-0.15, -0.1) is 11.3 Å². The second-order valence-corrected chi connectivity index (χ2v) is 8.30. The van der Waals surface area contributed by atoms with Gasteiger partial charge in [0.25, 0.3) is 0 Å². The predicted octanol–water partition coefficient (Wildman–Crippen LogP) is 2.16. The zero-order valence-electron chi connectivity index (χ0n) is 16.8. The summed E-state index contributed by atoms with van der Waals surface area (Å²) in [6, 6.07) is 5.34. The minimum absolute atomic E-state index is 0.369. The van der Waals surface area contributed by atoms with Gasteiger partial charge < -0.3 is 15.4 Å². The normalized spacial score (nSPS) is 21.9. The van der Waals surface area contributed by atoms with Crippen molar-refractivity contribution >= 4 is 17.3 Å². The highest BCUT2D eigenvalue weighted by atomic mass is 32.1. The van der Waals surface area contributed by atoms with E-state index in [2.05, 4.69) is 49.9 Å². The summed E-state index contributed by atoms with van der Waals surface area (Å²) in [6.07, 6.45) is 3.85. The van der Waals surface area contributed by atoms with E-state index in [1.54, 1.807) is 0 Å². The van der Waals surface area contributed by atoms with E-state index in [1.807, 2.05) is 18.4 Å². The Balaban J connectivity index is 1.52. The summed E-state index contributed by atoms with van der Waals surface area (Å²) in [5.41, 5.74) is 0. The molecule has 0 aromatic carbocycles. The SMILES string of the molecule is CCC(CNC(=NC)NCC(c1cccs1)N1CCOCC1)N1CCCC1. The van der Waals surface area contributed by atoms with E-state index in [0.29, 0.717) is 12.1 Å². The van der Waals surface area contributed by atoms with Crippen molar-refractivity contribution in [3.05, 3.63) is 22.4 Å². The molecule has 2 saturated heterocycles. The molecular formula is C20H35N5OS. The second kappa shape index (κ2) is 11.0. The lowest BCUT2D eigenvalue weighted by atomic mass is 10.2. The molecule has 0 bridgehead atoms. The number of guanidine groups is 1. The second-order valence-electron chi connectivity index (χ2n) is 7.32. The summed E-state index contributed by atoms with van der Waals surface area (Å²) in [7, 11) is 1.86. The number of rotatable bonds is 8. The molecule has 2 atom stereocenters. The summed E-state index contributed by atoms with van der Waals surface area (Å²) in [5, 5.41) is 9.29. The summed E-state index contributed by atoms with van der Waals surface area (Å²) >= 11 is 1.83. The maximum atomic E-state index is 5.54. The van der Waals surface area contributed by atoms with Crippen molar-refractivity contribution in [3.8, 4) is 0 Å². The van der Waals surface area contributed by atoms with E-state index >= 15 is 0 Å². The lowest BCUT2D eigenvalue weighted by Gasteiger charge is -2.34. The summed E-state index contributed by atoms with van der Waals surface area (Å²) in [6.45, 7) is 10.2. The standard InChI is InChI=1S/C20H35N5OS/c1-3-17(24-8-4-5-9-24)15-22-20(21-2)23-16-18(19-7-6-14-27-19)25-10-12-26-13-11-25/h6-7,14,17-18H,3-5,8-13,15-16H2,1-2H3,(H2,21,22,23). The average molecular weight is 394 g/mol. The van der Waals surface area contributed by atoms with Crippen LogP contribution in [0.5, 0.6) is 0 Å². The predicted molar refractivity (Wildman–Crippen MR) is 114 cm³/mol. The minimum atomic E-state index is 0.369. The number of aliphatic imine (C=N–C) groups is 1. The zero-order valence-corrected chi connectivity index (χ0v) is 17.6. The number of nitrogens with zero attached hydrogens (tertiary/aromatic N) is 3. The van der Waals surface area contributed by atoms with Gasteiger partial charge in [0.15, 0.2) is 5.96 Å². The third-order valence-electron chi connectivity index (χ3n) is 5.68. The Morgan fingerprint density at radius 1 is 1.15 bits per heavy atom. The molecule has 1 aromatic rings. The van der Waals surface area contributed by atoms with Crippen LogP contribution in [-0.4, -0.2) is 81.3 Å². The van der Waals surface area contributed by atoms with Crippen molar-refractivity contribution in [1.82, 2.24) is 20.4 Å². The van der Waals surface area contributed by atoms with Crippen molar-refractivity contribution in [1.29, 1.82) is 0 Å². The van der Waals surface area contributed by atoms with Gasteiger partial charge in [-0.2, -0.15) is 0 Å². The summed E-state index contributed by atoms with van der Waals surface area (Å²) in [5.74, 6) is 0.905. The van der Waals surface area contributed by atoms with Gasteiger partial charge in [0.2, 0.25) is 0 Å². The monoisotopic (exact) mass is 393 g/mol. The molecule has 3 heterocycles. The topological polar surface area (TPSA) is 52.1 Å². The Kier molecular flexibility index (Phi) is 8.38. The van der Waals surface area contributed by atoms with Crippen LogP contribution in [0.15, 0.2) is 22.5 Å². The van der Waals surface area contributed by atoms with Crippen LogP contribution in [0, 0.1) is 0 Å². The van der Waals surface area contributed by atoms with Crippen LogP contribution in [0.1, 0.15) is 37.1 Å². The highest BCUT2D eigenvalue weighted by Crippen LogP contribution is 2.25. The number of morpholine rings is 1. The number of hydrogen-bond donors (Lipinski definition) is 2. The van der Waals surface area contributed by atoms with E-state index in [9.17, 15) is 0 Å². The Labute approximate surface area is 168 Å². The third-order valence-corrected chi connectivity index (χ3v) is 6.65. The first-order valence-electron chi connectivity index (χ1n) is 10.4. The molecule has 2 aliphatic heterocycles. The van der Waals surface area contributed by atoms with E-state index in [-0.39, 0.29) is 0 Å². The first-order valence-corrected chi connectivity index (χ1v) is 11.2. The van der Waals surface area contributed by atoms with Crippen LogP contribution in [0.4, 0.5) is 0 Å². The Morgan fingerprint density at radius 3 is 2.52 bits per heavy atom. The number of ether oxygens (including phenoxy) is 1. The van der Waals surface area contributed by atoms with Crippen molar-refractivity contribution in [2.45, 2.75) is 38.3 Å². The molecule has 152 valence electrons. The molecule has 0 saturated carbocycles. The van der Waals surface area contributed by atoms with Gasteiger partial charge in [-0.3, -0.25) is 14.8 Å². The Hall–Kier alpha value is -1.15. The molecule has 1 aromatic heterocycles. The van der Waals surface area contributed by atoms with Gasteiger partial charge in [-0.25, -0.2) is 0 Å². The number of likely N-dealkylation sites (tertiary alicyclic amines) is 1. The first-order chi connectivity index (χ1) is 13.3. The molecule has 2 aliphatic rings. The van der Waals surface area contributed by atoms with Crippen LogP contribution in [-0.2, 0) is 4.74 Å². The third kappa shape index (κ3) is 5.91. The summed E-state index contributed by atoms with van der Waals surface area (Å²) < 4.78 is 5.54. The first kappa shape index (κ1) is 20.6. The number of thiophene rings is 1. The van der Waals surface area contributed by atoms with Crippen LogP contribution >= 0.6 is 11.3 Å². The minimum Gasteiger partial charge on any atom is -0.379 e. The average Bonchev–Trinajstić information content (AvgIpc) is 3.42. The van der Waals surface area contributed by atoms with Gasteiger partial charge in [0.1, 0.15) is 0 Å². The lowest BCUT2D eigenvalue weighted by Crippen LogP contribution is -2.49. The van der Waals surface area contributed by atoms with Crippen LogP contribution in [0.25, 0.3) is 0 Å². The molecule has 0 radical (unpaired) electrons. The molecule has 2 N–H and O–H groups in total. The molecule has 7 heteroatoms. The molecular weight excluding hydrogens is 358 g/mol. The van der Waals surface area contributed by atoms with Crippen molar-refractivity contribution in [2.75, 3.05) is 59.5 Å². The van der Waals surface area contributed by atoms with E-state index in [0.717, 1.165) is 45.4 Å². The maximum absolute atomic E-state index is 5.54. The molecule has 2 fully saturated rings. The molecule has 0 spiro atoms. The van der Waals surface area contributed by atoms with Crippen molar-refractivity contribution in [3.63, 3.8) is 0 Å². The van der Waals surface area contributed by atoms with Gasteiger partial charge in [0, 0.05) is 44.1 Å². The molecule has 6 nitrogen and oxygen atoms in total. The van der Waals surface area contributed by atoms with E-state index < -0.39 is 0 Å². The molecule has 0 aliphatic carbocycles.